The van der Waals surface area contributed by atoms with Gasteiger partial charge in [0.05, 0.1) is 13.2 Å². The summed E-state index contributed by atoms with van der Waals surface area (Å²) >= 11 is 0. The van der Waals surface area contributed by atoms with Gasteiger partial charge in [-0.25, -0.2) is 0 Å². The summed E-state index contributed by atoms with van der Waals surface area (Å²) in [6.45, 7) is 6.02. The van der Waals surface area contributed by atoms with Crippen LogP contribution in [0.2, 0.25) is 0 Å². The summed E-state index contributed by atoms with van der Waals surface area (Å²) in [4.78, 5) is 14.1. The van der Waals surface area contributed by atoms with Gasteiger partial charge in [0.15, 0.2) is 0 Å². The fraction of sp³-hybridized carbons (Fsp3) is 0.300. The molecule has 1 heterocycles. The molecule has 0 aliphatic heterocycles. The van der Waals surface area contributed by atoms with Crippen LogP contribution in [0.25, 0.3) is 0 Å². The second kappa shape index (κ2) is 5.43. The van der Waals surface area contributed by atoms with Crippen molar-refractivity contribution in [1.29, 1.82) is 0 Å². The molecule has 3 nitrogen and oxygen atoms in total. The van der Waals surface area contributed by atoms with Gasteiger partial charge in [-0.05, 0) is 18.6 Å². The Morgan fingerprint density at radius 2 is 2.54 bits per heavy atom. The van der Waals surface area contributed by atoms with E-state index >= 15 is 0 Å². The number of aldehydes is 1. The molecule has 1 aromatic heterocycles. The molecule has 0 aromatic carbocycles. The molecular formula is C10H11NO2. The van der Waals surface area contributed by atoms with Crippen molar-refractivity contribution in [3.8, 4) is 0 Å². The lowest BCUT2D eigenvalue weighted by molar-refractivity contribution is -0.111. The van der Waals surface area contributed by atoms with Crippen molar-refractivity contribution in [3.63, 3.8) is 0 Å². The molecule has 13 heavy (non-hydrogen) atoms. The maximum Gasteiger partial charge on any atom is 0.125 e. The summed E-state index contributed by atoms with van der Waals surface area (Å²) in [6, 6.07) is 3.73. The number of nitrogens with zero attached hydrogens (tertiary/aromatic N) is 1. The third kappa shape index (κ3) is 3.80. The quantitative estimate of drug-likeness (QED) is 0.633. The Bertz CT molecular complexity index is 248. The highest BCUT2D eigenvalue weighted by atomic mass is 16.5. The summed E-state index contributed by atoms with van der Waals surface area (Å²) in [6.07, 6.45) is 4.08. The number of pyridine rings is 1. The minimum Gasteiger partial charge on any atom is -0.376 e. The molecule has 0 N–H and O–H groups in total. The summed E-state index contributed by atoms with van der Waals surface area (Å²) < 4.78 is 5.18. The van der Waals surface area contributed by atoms with Crippen LogP contribution in [0.1, 0.15) is 5.56 Å². The number of hydrogen-bond acceptors (Lipinski definition) is 3. The molecule has 68 valence electrons. The fourth-order valence-corrected chi connectivity index (χ4v) is 0.836. The predicted octanol–water partition coefficient (Wildman–Crippen LogP) is 1.12. The maximum absolute atomic E-state index is 10.1. The van der Waals surface area contributed by atoms with Gasteiger partial charge < -0.3 is 9.53 Å². The fourth-order valence-electron chi connectivity index (χ4n) is 0.836. The lowest BCUT2D eigenvalue weighted by atomic mass is 10.2. The SMILES string of the molecule is [CH][C@H](C=O)COCc1cccnc1. The average Bonchev–Trinajstić information content (AvgIpc) is 2.19. The molecule has 3 heteroatoms. The van der Waals surface area contributed by atoms with Crippen molar-refractivity contribution in [1.82, 2.24) is 4.98 Å². The summed E-state index contributed by atoms with van der Waals surface area (Å²) in [5, 5.41) is 0. The molecular weight excluding hydrogens is 166 g/mol. The van der Waals surface area contributed by atoms with Crippen LogP contribution in [-0.2, 0) is 16.1 Å². The molecule has 0 spiro atoms. The van der Waals surface area contributed by atoms with Crippen LogP contribution in [0, 0.1) is 12.8 Å². The first-order chi connectivity index (χ1) is 6.33. The van der Waals surface area contributed by atoms with Gasteiger partial charge in [-0.15, -0.1) is 0 Å². The van der Waals surface area contributed by atoms with Crippen molar-refractivity contribution in [2.24, 2.45) is 5.92 Å². The van der Waals surface area contributed by atoms with E-state index in [0.29, 0.717) is 12.9 Å². The van der Waals surface area contributed by atoms with Gasteiger partial charge in [0.25, 0.3) is 0 Å². The van der Waals surface area contributed by atoms with Gasteiger partial charge in [0, 0.05) is 18.3 Å². The largest absolute Gasteiger partial charge is 0.376 e. The highest BCUT2D eigenvalue weighted by molar-refractivity contribution is 5.54. The predicted molar refractivity (Wildman–Crippen MR) is 47.7 cm³/mol. The van der Waals surface area contributed by atoms with Crippen LogP contribution in [-0.4, -0.2) is 17.9 Å². The van der Waals surface area contributed by atoms with E-state index in [2.05, 4.69) is 4.98 Å². The second-order valence-corrected chi connectivity index (χ2v) is 2.68. The Morgan fingerprint density at radius 1 is 1.69 bits per heavy atom. The zero-order chi connectivity index (χ0) is 9.52. The standard InChI is InChI=1S/C10H11NO2/c1-9(6-12)7-13-8-10-3-2-4-11-5-10/h1-6,9H,7-8H2/t9-/m1/s1. The Labute approximate surface area is 77.8 Å². The molecule has 1 atom stereocenters. The average molecular weight is 177 g/mol. The van der Waals surface area contributed by atoms with Gasteiger partial charge in [-0.2, -0.15) is 0 Å². The van der Waals surface area contributed by atoms with Crippen LogP contribution in [0.3, 0.4) is 0 Å². The van der Waals surface area contributed by atoms with E-state index in [9.17, 15) is 4.79 Å². The van der Waals surface area contributed by atoms with Crippen molar-refractivity contribution in [3.05, 3.63) is 37.0 Å². The lowest BCUT2D eigenvalue weighted by Gasteiger charge is -2.04. The van der Waals surface area contributed by atoms with Gasteiger partial charge in [-0.1, -0.05) is 6.07 Å². The Morgan fingerprint density at radius 3 is 3.15 bits per heavy atom. The minimum atomic E-state index is -0.531. The van der Waals surface area contributed by atoms with Crippen molar-refractivity contribution in [2.45, 2.75) is 6.61 Å². The van der Waals surface area contributed by atoms with Gasteiger partial charge in [0.2, 0.25) is 0 Å². The normalized spacial score (nSPS) is 12.4. The highest BCUT2D eigenvalue weighted by Gasteiger charge is 1.99. The Balaban J connectivity index is 2.24. The first-order valence-electron chi connectivity index (χ1n) is 4.00. The monoisotopic (exact) mass is 177 g/mol. The Kier molecular flexibility index (Phi) is 4.12. The second-order valence-electron chi connectivity index (χ2n) is 2.68. The van der Waals surface area contributed by atoms with E-state index in [1.165, 1.54) is 0 Å². The van der Waals surface area contributed by atoms with E-state index in [0.717, 1.165) is 5.56 Å². The highest BCUT2D eigenvalue weighted by Crippen LogP contribution is 1.99. The van der Waals surface area contributed by atoms with Crippen LogP contribution in [0.4, 0.5) is 0 Å². The molecule has 0 saturated carbocycles. The zero-order valence-corrected chi connectivity index (χ0v) is 7.22. The molecule has 0 fully saturated rings. The van der Waals surface area contributed by atoms with Gasteiger partial charge in [-0.3, -0.25) is 4.98 Å². The smallest absolute Gasteiger partial charge is 0.125 e. The van der Waals surface area contributed by atoms with E-state index in [-0.39, 0.29) is 6.61 Å². The van der Waals surface area contributed by atoms with Crippen LogP contribution in [0.5, 0.6) is 0 Å². The minimum absolute atomic E-state index is 0.248. The van der Waals surface area contributed by atoms with Crippen LogP contribution < -0.4 is 0 Å². The zero-order valence-electron chi connectivity index (χ0n) is 7.22. The maximum atomic E-state index is 10.1. The van der Waals surface area contributed by atoms with Crippen LogP contribution >= 0.6 is 0 Å². The topological polar surface area (TPSA) is 39.2 Å². The number of ether oxygens (including phenoxy) is 1. The van der Waals surface area contributed by atoms with Gasteiger partial charge in [0.1, 0.15) is 6.29 Å². The van der Waals surface area contributed by atoms with Gasteiger partial charge >= 0.3 is 0 Å². The first kappa shape index (κ1) is 9.86. The number of hydrogen-bond donors (Lipinski definition) is 0. The Hall–Kier alpha value is -1.22. The third-order valence-corrected chi connectivity index (χ3v) is 1.48. The molecule has 0 aliphatic carbocycles. The van der Waals surface area contributed by atoms with Crippen molar-refractivity contribution in [2.75, 3.05) is 6.61 Å². The van der Waals surface area contributed by atoms with E-state index < -0.39 is 5.92 Å². The summed E-state index contributed by atoms with van der Waals surface area (Å²) in [7, 11) is 0. The third-order valence-electron chi connectivity index (χ3n) is 1.48. The van der Waals surface area contributed by atoms with Crippen molar-refractivity contribution < 1.29 is 9.53 Å². The molecule has 1 aromatic rings. The van der Waals surface area contributed by atoms with E-state index in [1.807, 2.05) is 12.1 Å². The lowest BCUT2D eigenvalue weighted by Crippen LogP contribution is -2.07. The molecule has 0 saturated heterocycles. The molecule has 0 unspecified atom stereocenters. The first-order valence-corrected chi connectivity index (χ1v) is 4.00. The molecule has 0 amide bonds. The molecule has 2 radical (unpaired) electrons. The number of rotatable bonds is 5. The molecule has 0 bridgehead atoms. The number of aromatic nitrogens is 1. The van der Waals surface area contributed by atoms with E-state index in [4.69, 9.17) is 11.7 Å². The summed E-state index contributed by atoms with van der Waals surface area (Å²) in [5.41, 5.74) is 0.973. The summed E-state index contributed by atoms with van der Waals surface area (Å²) in [5.74, 6) is -0.531. The van der Waals surface area contributed by atoms with Crippen molar-refractivity contribution >= 4 is 6.29 Å². The number of carbonyl (C=O) groups excluding carboxylic acids is 1. The molecule has 0 aliphatic rings. The number of carbonyl (C=O) groups is 1. The van der Waals surface area contributed by atoms with E-state index in [1.54, 1.807) is 12.4 Å². The van der Waals surface area contributed by atoms with Crippen LogP contribution in [0.15, 0.2) is 24.5 Å². The molecule has 1 rings (SSSR count).